The Labute approximate surface area is 356 Å². The topological polar surface area (TPSA) is 163 Å². The number of ether oxygens (including phenoxy) is 4. The van der Waals surface area contributed by atoms with Crippen molar-refractivity contribution in [2.75, 3.05) is 13.2 Å². The number of sulfonamides is 2. The first-order valence-corrected chi connectivity index (χ1v) is 24.0. The molecule has 60 heavy (non-hydrogen) atoms. The largest absolute Gasteiger partial charge is 0.486 e. The number of carbonyl (C=O) groups is 2. The van der Waals surface area contributed by atoms with Gasteiger partial charge in [0.2, 0.25) is 0 Å². The maximum atomic E-state index is 13.5. The van der Waals surface area contributed by atoms with Gasteiger partial charge in [-0.25, -0.2) is 26.3 Å². The minimum absolute atomic E-state index is 0.0278. The molecule has 0 heterocycles. The summed E-state index contributed by atoms with van der Waals surface area (Å²) in [7, 11) is -8.25. The van der Waals surface area contributed by atoms with Gasteiger partial charge in [-0.3, -0.25) is 9.59 Å². The van der Waals surface area contributed by atoms with Crippen molar-refractivity contribution < 1.29 is 45.4 Å². The van der Waals surface area contributed by atoms with Crippen LogP contribution in [0.4, 0.5) is 0 Å². The van der Waals surface area contributed by atoms with Crippen LogP contribution in [-0.4, -0.2) is 54.1 Å². The Kier molecular flexibility index (Phi) is 20.2. The summed E-state index contributed by atoms with van der Waals surface area (Å²) in [6.45, 7) is 4.37. The third-order valence-electron chi connectivity index (χ3n) is 9.64. The lowest BCUT2D eigenvalue weighted by Gasteiger charge is -2.21. The molecule has 0 radical (unpaired) electrons. The van der Waals surface area contributed by atoms with Crippen LogP contribution < -0.4 is 28.4 Å². The van der Waals surface area contributed by atoms with Crippen LogP contribution in [0.1, 0.15) is 104 Å². The van der Waals surface area contributed by atoms with Gasteiger partial charge in [0, 0.05) is 0 Å². The summed E-state index contributed by atoms with van der Waals surface area (Å²) < 4.78 is 81.1. The number of rotatable bonds is 29. The molecule has 0 spiro atoms. The highest BCUT2D eigenvalue weighted by atomic mass is 32.2. The number of unbranched alkanes of at least 4 members (excludes halogenated alkanes) is 10. The lowest BCUT2D eigenvalue weighted by molar-refractivity contribution is -0.127. The molecule has 0 saturated heterocycles. The van der Waals surface area contributed by atoms with E-state index in [9.17, 15) is 26.4 Å². The van der Waals surface area contributed by atoms with E-state index in [4.69, 9.17) is 18.9 Å². The Bertz CT molecular complexity index is 1950. The average molecular weight is 865 g/mol. The number of benzene rings is 4. The van der Waals surface area contributed by atoms with Gasteiger partial charge in [-0.05, 0) is 74.2 Å². The maximum Gasteiger partial charge on any atom is 0.274 e. The van der Waals surface area contributed by atoms with Crippen molar-refractivity contribution in [1.29, 1.82) is 0 Å². The van der Waals surface area contributed by atoms with Crippen LogP contribution in [0, 0.1) is 0 Å². The fourth-order valence-corrected chi connectivity index (χ4v) is 8.42. The van der Waals surface area contributed by atoms with E-state index in [2.05, 4.69) is 23.3 Å². The van der Waals surface area contributed by atoms with Gasteiger partial charge in [-0.1, -0.05) is 139 Å². The molecule has 0 bridgehead atoms. The van der Waals surface area contributed by atoms with Gasteiger partial charge in [0.25, 0.3) is 31.9 Å². The van der Waals surface area contributed by atoms with E-state index in [1.807, 2.05) is 0 Å². The molecule has 0 aliphatic heterocycles. The summed E-state index contributed by atoms with van der Waals surface area (Å²) in [6, 6.07) is 29.0. The lowest BCUT2D eigenvalue weighted by atomic mass is 10.1. The quantitative estimate of drug-likeness (QED) is 0.0504. The molecule has 0 fully saturated rings. The van der Waals surface area contributed by atoms with Crippen LogP contribution in [0.3, 0.4) is 0 Å². The molecule has 0 aliphatic carbocycles. The molecule has 12 nitrogen and oxygen atoms in total. The Morgan fingerprint density at radius 1 is 0.450 bits per heavy atom. The normalized spacial score (nSPS) is 12.5. The van der Waals surface area contributed by atoms with Crippen molar-refractivity contribution in [3.8, 4) is 23.0 Å². The smallest absolute Gasteiger partial charge is 0.274 e. The van der Waals surface area contributed by atoms with Crippen molar-refractivity contribution in [2.45, 2.75) is 126 Å². The van der Waals surface area contributed by atoms with Crippen molar-refractivity contribution in [3.63, 3.8) is 0 Å². The predicted molar refractivity (Wildman–Crippen MR) is 232 cm³/mol. The minimum Gasteiger partial charge on any atom is -0.486 e. The highest BCUT2D eigenvalue weighted by Crippen LogP contribution is 2.31. The van der Waals surface area contributed by atoms with E-state index in [1.54, 1.807) is 84.9 Å². The minimum atomic E-state index is -4.13. The third kappa shape index (κ3) is 16.2. The molecule has 4 aromatic carbocycles. The average Bonchev–Trinajstić information content (AvgIpc) is 3.25. The van der Waals surface area contributed by atoms with Gasteiger partial charge in [-0.15, -0.1) is 0 Å². The Balaban J connectivity index is 1.41. The van der Waals surface area contributed by atoms with Crippen molar-refractivity contribution >= 4 is 31.9 Å². The fourth-order valence-electron chi connectivity index (χ4n) is 6.36. The highest BCUT2D eigenvalue weighted by Gasteiger charge is 2.28. The molecular weight excluding hydrogens is 805 g/mol. The van der Waals surface area contributed by atoms with Gasteiger partial charge < -0.3 is 18.9 Å². The standard InChI is InChI=1S/C46H60N2O10S2/c1-3-5-7-9-11-19-33-43(45(49)47-59(51,52)37-25-15-13-16-26-37)57-41-31-23-21-29-39(41)55-35-36-56-40-30-22-24-32-42(40)58-44(34-20-12-10-8-6-4-2)46(50)48-60(53,54)38-27-17-14-18-28-38/h13-18,21-32,43-44H,3-12,19-20,33-36H2,1-2H3,(H,47,49)(H,48,50). The molecule has 4 aromatic rings. The number of para-hydroxylation sites is 4. The van der Waals surface area contributed by atoms with Crippen LogP contribution >= 0.6 is 0 Å². The Morgan fingerprint density at radius 3 is 1.13 bits per heavy atom. The summed E-state index contributed by atoms with van der Waals surface area (Å²) in [4.78, 5) is 26.9. The monoisotopic (exact) mass is 864 g/mol. The second-order valence-electron chi connectivity index (χ2n) is 14.5. The van der Waals surface area contributed by atoms with Crippen LogP contribution in [0.25, 0.3) is 0 Å². The van der Waals surface area contributed by atoms with Gasteiger partial charge >= 0.3 is 0 Å². The van der Waals surface area contributed by atoms with E-state index >= 15 is 0 Å². The lowest BCUT2D eigenvalue weighted by Crippen LogP contribution is -2.41. The molecule has 2 amide bonds. The summed E-state index contributed by atoms with van der Waals surface area (Å²) in [6.07, 6.45) is 10.1. The Morgan fingerprint density at radius 2 is 0.767 bits per heavy atom. The SMILES string of the molecule is CCCCCCCCC(Oc1ccccc1OCCOc1ccccc1OC(CCCCCCCC)C(=O)NS(=O)(=O)c1ccccc1)C(=O)NS(=O)(=O)c1ccccc1. The van der Waals surface area contributed by atoms with Gasteiger partial charge in [0.1, 0.15) is 13.2 Å². The van der Waals surface area contributed by atoms with E-state index in [1.165, 1.54) is 24.3 Å². The zero-order valence-electron chi connectivity index (χ0n) is 34.8. The first-order chi connectivity index (χ1) is 29.0. The fraction of sp³-hybridized carbons (Fsp3) is 0.435. The molecule has 14 heteroatoms. The second-order valence-corrected chi connectivity index (χ2v) is 17.8. The molecule has 326 valence electrons. The van der Waals surface area contributed by atoms with Crippen LogP contribution in [0.2, 0.25) is 0 Å². The molecular formula is C46H60N2O10S2. The number of carbonyl (C=O) groups excluding carboxylic acids is 2. The van der Waals surface area contributed by atoms with Crippen LogP contribution in [0.15, 0.2) is 119 Å². The van der Waals surface area contributed by atoms with Crippen molar-refractivity contribution in [2.24, 2.45) is 0 Å². The van der Waals surface area contributed by atoms with E-state index < -0.39 is 44.1 Å². The van der Waals surface area contributed by atoms with Gasteiger partial charge in [0.15, 0.2) is 35.2 Å². The van der Waals surface area contributed by atoms with Gasteiger partial charge in [0.05, 0.1) is 9.79 Å². The first-order valence-electron chi connectivity index (χ1n) is 21.0. The van der Waals surface area contributed by atoms with E-state index in [-0.39, 0.29) is 34.5 Å². The molecule has 0 saturated carbocycles. The second kappa shape index (κ2) is 25.5. The van der Waals surface area contributed by atoms with Crippen molar-refractivity contribution in [1.82, 2.24) is 9.44 Å². The third-order valence-corrected chi connectivity index (χ3v) is 12.4. The molecule has 2 atom stereocenters. The van der Waals surface area contributed by atoms with Gasteiger partial charge in [-0.2, -0.15) is 0 Å². The number of hydrogen-bond acceptors (Lipinski definition) is 10. The summed E-state index contributed by atoms with van der Waals surface area (Å²) >= 11 is 0. The van der Waals surface area contributed by atoms with Crippen LogP contribution in [0.5, 0.6) is 23.0 Å². The number of amides is 2. The molecule has 4 rings (SSSR count). The Hall–Kier alpha value is -5.08. The zero-order chi connectivity index (χ0) is 43.1. The molecule has 0 aromatic heterocycles. The van der Waals surface area contributed by atoms with Crippen LogP contribution in [-0.2, 0) is 29.6 Å². The summed E-state index contributed by atoms with van der Waals surface area (Å²) in [5.41, 5.74) is 0. The molecule has 2 N–H and O–H groups in total. The molecule has 2 unspecified atom stereocenters. The van der Waals surface area contributed by atoms with E-state index in [0.717, 1.165) is 64.2 Å². The van der Waals surface area contributed by atoms with E-state index in [0.29, 0.717) is 37.2 Å². The summed E-state index contributed by atoms with van der Waals surface area (Å²) in [5.74, 6) is -0.372. The molecule has 0 aliphatic rings. The highest BCUT2D eigenvalue weighted by molar-refractivity contribution is 7.90. The van der Waals surface area contributed by atoms with Crippen molar-refractivity contribution in [3.05, 3.63) is 109 Å². The maximum absolute atomic E-state index is 13.5. The zero-order valence-corrected chi connectivity index (χ0v) is 36.4. The predicted octanol–water partition coefficient (Wildman–Crippen LogP) is 9.15. The number of nitrogens with one attached hydrogen (secondary N) is 2. The first kappa shape index (κ1) is 47.6. The number of hydrogen-bond donors (Lipinski definition) is 2. The summed E-state index contributed by atoms with van der Waals surface area (Å²) in [5, 5.41) is 0.